The van der Waals surface area contributed by atoms with Crippen molar-refractivity contribution >= 4 is 6.09 Å². The summed E-state index contributed by atoms with van der Waals surface area (Å²) in [5.41, 5.74) is -0.461. The van der Waals surface area contributed by atoms with E-state index in [9.17, 15) is 9.90 Å². The maximum absolute atomic E-state index is 11.8. The summed E-state index contributed by atoms with van der Waals surface area (Å²) in [4.78, 5) is 13.5. The van der Waals surface area contributed by atoms with Gasteiger partial charge in [0.2, 0.25) is 0 Å². The Hall–Kier alpha value is -0.770. The van der Waals surface area contributed by atoms with E-state index in [0.717, 1.165) is 12.8 Å². The first kappa shape index (κ1) is 11.7. The van der Waals surface area contributed by atoms with Gasteiger partial charge in [0, 0.05) is 6.54 Å². The third-order valence-corrected chi connectivity index (χ3v) is 3.30. The average molecular weight is 227 g/mol. The lowest BCUT2D eigenvalue weighted by Gasteiger charge is -2.27. The third-order valence-electron chi connectivity index (χ3n) is 3.30. The summed E-state index contributed by atoms with van der Waals surface area (Å²) in [6.07, 6.45) is 1.47. The Labute approximate surface area is 96.6 Å². The van der Waals surface area contributed by atoms with Gasteiger partial charge in [-0.25, -0.2) is 4.79 Å². The Morgan fingerprint density at radius 1 is 1.44 bits per heavy atom. The van der Waals surface area contributed by atoms with Crippen LogP contribution in [0.3, 0.4) is 0 Å². The van der Waals surface area contributed by atoms with Gasteiger partial charge in [-0.1, -0.05) is 0 Å². The molecular formula is C12H21NO3. The van der Waals surface area contributed by atoms with Crippen LogP contribution in [0.4, 0.5) is 4.79 Å². The maximum Gasteiger partial charge on any atom is 0.410 e. The first-order valence-electron chi connectivity index (χ1n) is 6.03. The third kappa shape index (κ3) is 2.67. The second kappa shape index (κ2) is 3.91. The fourth-order valence-electron chi connectivity index (χ4n) is 2.34. The van der Waals surface area contributed by atoms with E-state index in [4.69, 9.17) is 4.74 Å². The Bertz CT molecular complexity index is 284. The maximum atomic E-state index is 11.8. The van der Waals surface area contributed by atoms with Crippen molar-refractivity contribution in [3.05, 3.63) is 0 Å². The molecule has 4 nitrogen and oxygen atoms in total. The topological polar surface area (TPSA) is 49.8 Å². The van der Waals surface area contributed by atoms with E-state index in [0.29, 0.717) is 24.9 Å². The molecule has 3 atom stereocenters. The molecule has 92 valence electrons. The lowest BCUT2D eigenvalue weighted by Crippen LogP contribution is -2.41. The number of fused-ring (bicyclic) bond motifs is 1. The monoisotopic (exact) mass is 227 g/mol. The Kier molecular flexibility index (Phi) is 2.86. The summed E-state index contributed by atoms with van der Waals surface area (Å²) in [5.74, 6) is 1.05. The van der Waals surface area contributed by atoms with Crippen molar-refractivity contribution in [3.63, 3.8) is 0 Å². The summed E-state index contributed by atoms with van der Waals surface area (Å²) >= 11 is 0. The van der Waals surface area contributed by atoms with Gasteiger partial charge < -0.3 is 14.7 Å². The van der Waals surface area contributed by atoms with Gasteiger partial charge in [-0.3, -0.25) is 0 Å². The lowest BCUT2D eigenvalue weighted by atomic mass is 10.2. The number of hydrogen-bond acceptors (Lipinski definition) is 3. The zero-order chi connectivity index (χ0) is 11.9. The molecule has 1 N–H and O–H groups in total. The number of nitrogens with zero attached hydrogens (tertiary/aromatic N) is 1. The highest BCUT2D eigenvalue weighted by molar-refractivity contribution is 5.68. The molecule has 2 aliphatic rings. The molecule has 0 radical (unpaired) electrons. The molecule has 0 aromatic heterocycles. The molecular weight excluding hydrogens is 206 g/mol. The van der Waals surface area contributed by atoms with Crippen LogP contribution < -0.4 is 0 Å². The van der Waals surface area contributed by atoms with E-state index in [1.165, 1.54) is 0 Å². The first-order valence-corrected chi connectivity index (χ1v) is 6.03. The molecule has 2 fully saturated rings. The number of carbonyl (C=O) groups excluding carboxylic acids is 1. The van der Waals surface area contributed by atoms with Crippen molar-refractivity contribution in [1.82, 2.24) is 4.90 Å². The average Bonchev–Trinajstić information content (AvgIpc) is 2.86. The summed E-state index contributed by atoms with van der Waals surface area (Å²) < 4.78 is 5.31. The van der Waals surface area contributed by atoms with Crippen LogP contribution >= 0.6 is 0 Å². The summed E-state index contributed by atoms with van der Waals surface area (Å²) in [7, 11) is 0. The van der Waals surface area contributed by atoms with Crippen molar-refractivity contribution in [2.75, 3.05) is 13.1 Å². The van der Waals surface area contributed by atoms with E-state index in [1.54, 1.807) is 4.90 Å². The molecule has 0 aromatic carbocycles. The van der Waals surface area contributed by atoms with E-state index >= 15 is 0 Å². The summed E-state index contributed by atoms with van der Waals surface area (Å²) in [5, 5.41) is 9.87. The molecule has 4 heteroatoms. The number of amides is 1. The molecule has 1 aliphatic carbocycles. The van der Waals surface area contributed by atoms with Gasteiger partial charge in [0.05, 0.1) is 12.6 Å². The van der Waals surface area contributed by atoms with Crippen LogP contribution in [-0.4, -0.2) is 40.9 Å². The molecule has 1 heterocycles. The SMILES string of the molecule is CC(C)(C)OC(=O)N1CCC2CC2C(O)C1. The van der Waals surface area contributed by atoms with Crippen molar-refractivity contribution in [1.29, 1.82) is 0 Å². The second-order valence-corrected chi connectivity index (χ2v) is 5.94. The zero-order valence-electron chi connectivity index (χ0n) is 10.3. The molecule has 1 amide bonds. The van der Waals surface area contributed by atoms with Crippen molar-refractivity contribution in [2.45, 2.75) is 45.3 Å². The Balaban J connectivity index is 1.91. The number of carbonyl (C=O) groups is 1. The van der Waals surface area contributed by atoms with Gasteiger partial charge >= 0.3 is 6.09 Å². The molecule has 16 heavy (non-hydrogen) atoms. The number of β-amino-alcohol motifs (C(OH)–C–C–N with tert-alkyl or cyclic N) is 1. The first-order chi connectivity index (χ1) is 7.37. The standard InChI is InChI=1S/C12H21NO3/c1-12(2,3)16-11(15)13-5-4-8-6-9(8)10(14)7-13/h8-10,14H,4-7H2,1-3H3. The fraction of sp³-hybridized carbons (Fsp3) is 0.917. The molecule has 1 aliphatic heterocycles. The van der Waals surface area contributed by atoms with E-state index < -0.39 is 5.60 Å². The van der Waals surface area contributed by atoms with Crippen LogP contribution in [0.5, 0.6) is 0 Å². The minimum atomic E-state index is -0.461. The van der Waals surface area contributed by atoms with Gasteiger partial charge in [-0.05, 0) is 45.4 Å². The van der Waals surface area contributed by atoms with Crippen LogP contribution in [0.2, 0.25) is 0 Å². The summed E-state index contributed by atoms with van der Waals surface area (Å²) in [6.45, 7) is 6.72. The smallest absolute Gasteiger partial charge is 0.410 e. The fourth-order valence-corrected chi connectivity index (χ4v) is 2.34. The Morgan fingerprint density at radius 2 is 2.12 bits per heavy atom. The molecule has 1 saturated carbocycles. The van der Waals surface area contributed by atoms with Crippen LogP contribution in [0.15, 0.2) is 0 Å². The number of rotatable bonds is 0. The number of hydrogen-bond donors (Lipinski definition) is 1. The van der Waals surface area contributed by atoms with Crippen molar-refractivity contribution < 1.29 is 14.6 Å². The van der Waals surface area contributed by atoms with Gasteiger partial charge in [0.15, 0.2) is 0 Å². The predicted octanol–water partition coefficient (Wildman–Crippen LogP) is 1.62. The highest BCUT2D eigenvalue weighted by Gasteiger charge is 2.45. The van der Waals surface area contributed by atoms with Gasteiger partial charge in [-0.2, -0.15) is 0 Å². The molecule has 0 bridgehead atoms. The lowest BCUT2D eigenvalue weighted by molar-refractivity contribution is 0.0151. The number of ether oxygens (including phenoxy) is 1. The van der Waals surface area contributed by atoms with Crippen LogP contribution in [0.25, 0.3) is 0 Å². The second-order valence-electron chi connectivity index (χ2n) is 5.94. The number of aliphatic hydroxyl groups is 1. The van der Waals surface area contributed by atoms with Gasteiger partial charge in [0.25, 0.3) is 0 Å². The highest BCUT2D eigenvalue weighted by atomic mass is 16.6. The van der Waals surface area contributed by atoms with Crippen LogP contribution in [0.1, 0.15) is 33.6 Å². The normalized spacial score (nSPS) is 34.0. The van der Waals surface area contributed by atoms with Gasteiger partial charge in [-0.15, -0.1) is 0 Å². The Morgan fingerprint density at radius 3 is 2.75 bits per heavy atom. The van der Waals surface area contributed by atoms with Crippen molar-refractivity contribution in [2.24, 2.45) is 11.8 Å². The molecule has 0 aromatic rings. The van der Waals surface area contributed by atoms with Crippen LogP contribution in [-0.2, 0) is 4.74 Å². The van der Waals surface area contributed by atoms with E-state index in [1.807, 2.05) is 20.8 Å². The molecule has 3 unspecified atom stereocenters. The van der Waals surface area contributed by atoms with Gasteiger partial charge in [0.1, 0.15) is 5.60 Å². The predicted molar refractivity (Wildman–Crippen MR) is 60.0 cm³/mol. The zero-order valence-corrected chi connectivity index (χ0v) is 10.3. The quantitative estimate of drug-likeness (QED) is 0.684. The summed E-state index contributed by atoms with van der Waals surface area (Å²) in [6, 6.07) is 0. The number of aliphatic hydroxyl groups excluding tert-OH is 1. The molecule has 0 spiro atoms. The van der Waals surface area contributed by atoms with Crippen LogP contribution in [0, 0.1) is 11.8 Å². The minimum Gasteiger partial charge on any atom is -0.444 e. The van der Waals surface area contributed by atoms with Crippen molar-refractivity contribution in [3.8, 4) is 0 Å². The van der Waals surface area contributed by atoms with E-state index in [2.05, 4.69) is 0 Å². The largest absolute Gasteiger partial charge is 0.444 e. The van der Waals surface area contributed by atoms with E-state index in [-0.39, 0.29) is 12.2 Å². The molecule has 2 rings (SSSR count). The molecule has 1 saturated heterocycles. The minimum absolute atomic E-state index is 0.298. The highest BCUT2D eigenvalue weighted by Crippen LogP contribution is 2.45. The number of likely N-dealkylation sites (tertiary alicyclic amines) is 1.